The summed E-state index contributed by atoms with van der Waals surface area (Å²) in [4.78, 5) is 39.1. The van der Waals surface area contributed by atoms with Crippen LogP contribution in [0, 0.1) is 11.3 Å². The molecule has 0 aliphatic carbocycles. The Balaban J connectivity index is 1.47. The van der Waals surface area contributed by atoms with Gasteiger partial charge in [0.2, 0.25) is 17.7 Å². The molecule has 1 aromatic heterocycles. The summed E-state index contributed by atoms with van der Waals surface area (Å²) in [6.07, 6.45) is 4.42. The summed E-state index contributed by atoms with van der Waals surface area (Å²) in [6, 6.07) is 7.04. The summed E-state index contributed by atoms with van der Waals surface area (Å²) in [5, 5.41) is 9.82. The second-order valence-corrected chi connectivity index (χ2v) is 9.01. The average Bonchev–Trinajstić information content (AvgIpc) is 3.19. The number of hydrogen-bond acceptors (Lipinski definition) is 5. The number of nitrogens with zero attached hydrogens (tertiary/aromatic N) is 3. The Labute approximate surface area is 188 Å². The van der Waals surface area contributed by atoms with Crippen molar-refractivity contribution in [3.8, 4) is 5.75 Å². The number of piperidine rings is 1. The minimum atomic E-state index is -0.413. The van der Waals surface area contributed by atoms with Crippen LogP contribution in [0.3, 0.4) is 0 Å². The topological polar surface area (TPSA) is 106 Å². The number of likely N-dealkylation sites (tertiary alicyclic amines) is 1. The Morgan fingerprint density at radius 3 is 2.31 bits per heavy atom. The van der Waals surface area contributed by atoms with Gasteiger partial charge in [0.25, 0.3) is 0 Å². The second kappa shape index (κ2) is 9.84. The molecule has 2 aromatic rings. The molecule has 9 heteroatoms. The van der Waals surface area contributed by atoms with E-state index in [2.05, 4.69) is 15.7 Å². The van der Waals surface area contributed by atoms with E-state index in [1.54, 1.807) is 37.6 Å². The minimum absolute atomic E-state index is 0.0230. The van der Waals surface area contributed by atoms with Crippen LogP contribution in [0.2, 0.25) is 0 Å². The van der Waals surface area contributed by atoms with Gasteiger partial charge in [0.05, 0.1) is 19.0 Å². The van der Waals surface area contributed by atoms with E-state index in [0.717, 1.165) is 0 Å². The summed E-state index contributed by atoms with van der Waals surface area (Å²) in [5.41, 5.74) is 0.789. The molecular weight excluding hydrogens is 410 g/mol. The van der Waals surface area contributed by atoms with Crippen molar-refractivity contribution in [3.05, 3.63) is 36.7 Å². The number of methoxy groups -OCH3 is 1. The third kappa shape index (κ3) is 6.09. The van der Waals surface area contributed by atoms with Gasteiger partial charge in [0.15, 0.2) is 0 Å². The van der Waals surface area contributed by atoms with E-state index < -0.39 is 5.41 Å². The lowest BCUT2D eigenvalue weighted by Crippen LogP contribution is -2.45. The molecule has 172 valence electrons. The number of aromatic nitrogens is 2. The highest BCUT2D eigenvalue weighted by molar-refractivity contribution is 5.93. The summed E-state index contributed by atoms with van der Waals surface area (Å²) in [6.45, 7) is 6.91. The maximum Gasteiger partial charge on any atom is 0.246 e. The van der Waals surface area contributed by atoms with Crippen LogP contribution in [0.4, 0.5) is 11.4 Å². The molecular formula is C23H31N5O4. The van der Waals surface area contributed by atoms with Crippen molar-refractivity contribution in [2.45, 2.75) is 40.2 Å². The van der Waals surface area contributed by atoms with Crippen LogP contribution in [0.25, 0.3) is 0 Å². The van der Waals surface area contributed by atoms with Gasteiger partial charge < -0.3 is 20.3 Å². The predicted octanol–water partition coefficient (Wildman–Crippen LogP) is 2.75. The molecule has 0 saturated carbocycles. The fraction of sp³-hybridized carbons (Fsp3) is 0.478. The monoisotopic (exact) mass is 441 g/mol. The van der Waals surface area contributed by atoms with Gasteiger partial charge in [-0.25, -0.2) is 0 Å². The number of ether oxygens (including phenoxy) is 1. The normalized spacial score (nSPS) is 14.7. The highest BCUT2D eigenvalue weighted by Crippen LogP contribution is 2.24. The molecule has 9 nitrogen and oxygen atoms in total. The Bertz CT molecular complexity index is 954. The first-order valence-corrected chi connectivity index (χ1v) is 10.7. The first-order chi connectivity index (χ1) is 15.2. The number of amides is 3. The van der Waals surface area contributed by atoms with E-state index in [1.807, 2.05) is 25.7 Å². The smallest absolute Gasteiger partial charge is 0.246 e. The van der Waals surface area contributed by atoms with Gasteiger partial charge in [-0.2, -0.15) is 5.10 Å². The van der Waals surface area contributed by atoms with Gasteiger partial charge in [-0.05, 0) is 37.1 Å². The van der Waals surface area contributed by atoms with Crippen LogP contribution in [-0.2, 0) is 20.9 Å². The van der Waals surface area contributed by atoms with Gasteiger partial charge in [0.1, 0.15) is 12.3 Å². The molecule has 3 amide bonds. The zero-order chi connectivity index (χ0) is 23.3. The summed E-state index contributed by atoms with van der Waals surface area (Å²) < 4.78 is 6.57. The predicted molar refractivity (Wildman–Crippen MR) is 121 cm³/mol. The lowest BCUT2D eigenvalue weighted by atomic mass is 9.90. The van der Waals surface area contributed by atoms with Crippen molar-refractivity contribution >= 4 is 29.1 Å². The maximum atomic E-state index is 12.6. The third-order valence-electron chi connectivity index (χ3n) is 5.37. The standard InChI is InChI=1S/C23H31N5O4/c1-23(2,3)22(31)27-11-9-16(10-12-27)21(30)26-18-13-24-28(14-18)15-20(29)25-17-5-7-19(32-4)8-6-17/h5-8,13-14,16H,9-12,15H2,1-4H3,(H,25,29)(H,26,30). The molecule has 2 heterocycles. The summed E-state index contributed by atoms with van der Waals surface area (Å²) >= 11 is 0. The largest absolute Gasteiger partial charge is 0.497 e. The third-order valence-corrected chi connectivity index (χ3v) is 5.37. The van der Waals surface area contributed by atoms with Gasteiger partial charge in [-0.1, -0.05) is 20.8 Å². The van der Waals surface area contributed by atoms with Crippen LogP contribution in [0.1, 0.15) is 33.6 Å². The molecule has 0 radical (unpaired) electrons. The molecule has 0 spiro atoms. The van der Waals surface area contributed by atoms with Crippen LogP contribution in [-0.4, -0.2) is 52.6 Å². The fourth-order valence-corrected chi connectivity index (χ4v) is 3.60. The number of benzene rings is 1. The Morgan fingerprint density at radius 2 is 1.72 bits per heavy atom. The summed E-state index contributed by atoms with van der Waals surface area (Å²) in [5.74, 6) is 0.357. The highest BCUT2D eigenvalue weighted by Gasteiger charge is 2.32. The molecule has 0 atom stereocenters. The maximum absolute atomic E-state index is 12.6. The molecule has 1 aliphatic rings. The van der Waals surface area contributed by atoms with Crippen molar-refractivity contribution < 1.29 is 19.1 Å². The van der Waals surface area contributed by atoms with E-state index >= 15 is 0 Å². The second-order valence-electron chi connectivity index (χ2n) is 9.01. The number of hydrogen-bond donors (Lipinski definition) is 2. The fourth-order valence-electron chi connectivity index (χ4n) is 3.60. The van der Waals surface area contributed by atoms with Crippen molar-refractivity contribution in [2.75, 3.05) is 30.8 Å². The number of carbonyl (C=O) groups excluding carboxylic acids is 3. The number of nitrogens with one attached hydrogen (secondary N) is 2. The quantitative estimate of drug-likeness (QED) is 0.717. The van der Waals surface area contributed by atoms with Gasteiger partial charge in [-0.15, -0.1) is 0 Å². The number of anilines is 2. The van der Waals surface area contributed by atoms with Crippen molar-refractivity contribution in [1.29, 1.82) is 0 Å². The molecule has 1 aliphatic heterocycles. The SMILES string of the molecule is COc1ccc(NC(=O)Cn2cc(NC(=O)C3CCN(C(=O)C(C)(C)C)CC3)cn2)cc1. The summed E-state index contributed by atoms with van der Waals surface area (Å²) in [7, 11) is 1.58. The molecule has 0 unspecified atom stereocenters. The van der Waals surface area contributed by atoms with E-state index in [0.29, 0.717) is 43.1 Å². The van der Waals surface area contributed by atoms with Gasteiger partial charge >= 0.3 is 0 Å². The van der Waals surface area contributed by atoms with Crippen molar-refractivity contribution in [1.82, 2.24) is 14.7 Å². The molecule has 1 fully saturated rings. The van der Waals surface area contributed by atoms with E-state index in [-0.39, 0.29) is 30.2 Å². The van der Waals surface area contributed by atoms with Crippen LogP contribution < -0.4 is 15.4 Å². The first-order valence-electron chi connectivity index (χ1n) is 10.7. The van der Waals surface area contributed by atoms with Gasteiger partial charge in [0, 0.05) is 36.3 Å². The minimum Gasteiger partial charge on any atom is -0.497 e. The lowest BCUT2D eigenvalue weighted by molar-refractivity contribution is -0.142. The molecule has 32 heavy (non-hydrogen) atoms. The van der Waals surface area contributed by atoms with Crippen molar-refractivity contribution in [2.24, 2.45) is 11.3 Å². The van der Waals surface area contributed by atoms with Crippen LogP contribution in [0.5, 0.6) is 5.75 Å². The molecule has 1 aromatic carbocycles. The Morgan fingerprint density at radius 1 is 1.06 bits per heavy atom. The van der Waals surface area contributed by atoms with Crippen LogP contribution >= 0.6 is 0 Å². The molecule has 2 N–H and O–H groups in total. The van der Waals surface area contributed by atoms with Crippen molar-refractivity contribution in [3.63, 3.8) is 0 Å². The van der Waals surface area contributed by atoms with Crippen LogP contribution in [0.15, 0.2) is 36.7 Å². The lowest BCUT2D eigenvalue weighted by Gasteiger charge is -2.35. The molecule has 3 rings (SSSR count). The van der Waals surface area contributed by atoms with Gasteiger partial charge in [-0.3, -0.25) is 19.1 Å². The Kier molecular flexibility index (Phi) is 7.17. The number of carbonyl (C=O) groups is 3. The zero-order valence-electron chi connectivity index (χ0n) is 19.1. The van der Waals surface area contributed by atoms with E-state index in [1.165, 1.54) is 10.9 Å². The molecule has 0 bridgehead atoms. The average molecular weight is 442 g/mol. The molecule has 1 saturated heterocycles. The number of rotatable bonds is 6. The van der Waals surface area contributed by atoms with E-state index in [4.69, 9.17) is 4.74 Å². The van der Waals surface area contributed by atoms with E-state index in [9.17, 15) is 14.4 Å². The first kappa shape index (κ1) is 23.3. The Hall–Kier alpha value is -3.36. The zero-order valence-corrected chi connectivity index (χ0v) is 19.1. The highest BCUT2D eigenvalue weighted by atomic mass is 16.5.